The topological polar surface area (TPSA) is 43.1 Å². The smallest absolute Gasteiger partial charge is 0.256 e. The van der Waals surface area contributed by atoms with Crippen LogP contribution in [0.3, 0.4) is 0 Å². The van der Waals surface area contributed by atoms with Gasteiger partial charge in [-0.05, 0) is 37.3 Å². The van der Waals surface area contributed by atoms with Crippen molar-refractivity contribution in [2.75, 3.05) is 0 Å². The average molecular weight is 313 g/mol. The second kappa shape index (κ2) is 4.74. The minimum absolute atomic E-state index is 0.336. The van der Waals surface area contributed by atoms with Crippen molar-refractivity contribution in [2.24, 2.45) is 0 Å². The average Bonchev–Trinajstić information content (AvgIpc) is 2.88. The van der Waals surface area contributed by atoms with Gasteiger partial charge >= 0.3 is 0 Å². The minimum Gasteiger partial charge on any atom is -0.263 e. The number of hydrogen-bond donors (Lipinski definition) is 0. The molecule has 2 heterocycles. The number of benzene rings is 2. The molecule has 4 rings (SSSR count). The highest BCUT2D eigenvalue weighted by Crippen LogP contribution is 2.31. The summed E-state index contributed by atoms with van der Waals surface area (Å²) < 4.78 is 16.0. The van der Waals surface area contributed by atoms with Crippen LogP contribution in [-0.2, 0) is 0 Å². The van der Waals surface area contributed by atoms with E-state index < -0.39 is 0 Å². The molecule has 0 aliphatic heterocycles. The van der Waals surface area contributed by atoms with Crippen LogP contribution < -0.4 is 0 Å². The number of aromatic nitrogens is 4. The third-order valence-electron chi connectivity index (χ3n) is 3.60. The summed E-state index contributed by atoms with van der Waals surface area (Å²) in [5.41, 5.74) is 1.77. The van der Waals surface area contributed by atoms with Gasteiger partial charge in [0.1, 0.15) is 11.6 Å². The summed E-state index contributed by atoms with van der Waals surface area (Å²) in [6.45, 7) is 1.85. The Labute approximate surface area is 130 Å². The van der Waals surface area contributed by atoms with E-state index in [9.17, 15) is 4.39 Å². The van der Waals surface area contributed by atoms with E-state index in [4.69, 9.17) is 11.6 Å². The van der Waals surface area contributed by atoms with Crippen LogP contribution in [0, 0.1) is 12.7 Å². The molecule has 0 N–H and O–H groups in total. The number of aryl methyl sites for hydroxylation is 1. The number of halogens is 2. The van der Waals surface area contributed by atoms with Crippen LogP contribution in [0.25, 0.3) is 27.9 Å². The molecule has 108 valence electrons. The second-order valence-corrected chi connectivity index (χ2v) is 5.42. The monoisotopic (exact) mass is 312 g/mol. The van der Waals surface area contributed by atoms with E-state index in [-0.39, 0.29) is 5.82 Å². The van der Waals surface area contributed by atoms with Gasteiger partial charge in [-0.1, -0.05) is 23.7 Å². The Balaban J connectivity index is 2.21. The van der Waals surface area contributed by atoms with Gasteiger partial charge in [0, 0.05) is 16.0 Å². The summed E-state index contributed by atoms with van der Waals surface area (Å²) in [4.78, 5) is 4.49. The van der Waals surface area contributed by atoms with Gasteiger partial charge in [-0.25, -0.2) is 9.37 Å². The van der Waals surface area contributed by atoms with Crippen molar-refractivity contribution >= 4 is 28.3 Å². The van der Waals surface area contributed by atoms with Crippen molar-refractivity contribution in [1.82, 2.24) is 19.6 Å². The Hall–Kier alpha value is -2.53. The van der Waals surface area contributed by atoms with Crippen molar-refractivity contribution in [3.8, 4) is 11.3 Å². The predicted octanol–water partition coefficient (Wildman–Crippen LogP) is 4.05. The minimum atomic E-state index is -0.336. The van der Waals surface area contributed by atoms with E-state index >= 15 is 0 Å². The van der Waals surface area contributed by atoms with E-state index in [1.165, 1.54) is 6.07 Å². The fourth-order valence-corrected chi connectivity index (χ4v) is 2.79. The first kappa shape index (κ1) is 13.2. The van der Waals surface area contributed by atoms with Gasteiger partial charge in [-0.3, -0.25) is 4.40 Å². The third-order valence-corrected chi connectivity index (χ3v) is 3.84. The largest absolute Gasteiger partial charge is 0.263 e. The first-order valence-electron chi connectivity index (χ1n) is 6.71. The zero-order valence-electron chi connectivity index (χ0n) is 11.6. The molecule has 0 aliphatic carbocycles. The number of nitrogens with zero attached hydrogens (tertiary/aromatic N) is 4. The Morgan fingerprint density at radius 1 is 1.09 bits per heavy atom. The van der Waals surface area contributed by atoms with Crippen LogP contribution in [0.4, 0.5) is 4.39 Å². The van der Waals surface area contributed by atoms with Crippen LogP contribution in [0.1, 0.15) is 5.82 Å². The summed E-state index contributed by atoms with van der Waals surface area (Å²) >= 11 is 6.12. The number of rotatable bonds is 1. The maximum absolute atomic E-state index is 14.2. The highest BCUT2D eigenvalue weighted by Gasteiger charge is 2.16. The van der Waals surface area contributed by atoms with Gasteiger partial charge in [0.15, 0.2) is 0 Å². The molecular formula is C16H10ClFN4. The van der Waals surface area contributed by atoms with Gasteiger partial charge in [-0.2, -0.15) is 0 Å². The summed E-state index contributed by atoms with van der Waals surface area (Å²) in [5, 5.41) is 9.43. The molecule has 0 saturated heterocycles. The summed E-state index contributed by atoms with van der Waals surface area (Å²) in [5.74, 6) is 0.817. The molecular weight excluding hydrogens is 303 g/mol. The molecule has 0 fully saturated rings. The molecule has 4 aromatic rings. The molecule has 0 radical (unpaired) electrons. The summed E-state index contributed by atoms with van der Waals surface area (Å²) in [7, 11) is 0. The van der Waals surface area contributed by atoms with E-state index in [2.05, 4.69) is 15.2 Å². The van der Waals surface area contributed by atoms with E-state index in [0.29, 0.717) is 22.1 Å². The van der Waals surface area contributed by atoms with Gasteiger partial charge < -0.3 is 0 Å². The lowest BCUT2D eigenvalue weighted by Crippen LogP contribution is -1.98. The fraction of sp³-hybridized carbons (Fsp3) is 0.0625. The lowest BCUT2D eigenvalue weighted by atomic mass is 10.1. The predicted molar refractivity (Wildman–Crippen MR) is 83.4 cm³/mol. The molecule has 6 heteroatoms. The maximum Gasteiger partial charge on any atom is 0.256 e. The molecule has 0 spiro atoms. The maximum atomic E-state index is 14.2. The Bertz CT molecular complexity index is 1030. The van der Waals surface area contributed by atoms with Crippen LogP contribution in [0.2, 0.25) is 5.02 Å². The van der Waals surface area contributed by atoms with Crippen LogP contribution in [0.15, 0.2) is 42.5 Å². The van der Waals surface area contributed by atoms with Crippen molar-refractivity contribution in [2.45, 2.75) is 6.92 Å². The Kier molecular flexibility index (Phi) is 2.84. The van der Waals surface area contributed by atoms with Gasteiger partial charge in [0.05, 0.1) is 11.2 Å². The molecule has 0 bridgehead atoms. The summed E-state index contributed by atoms with van der Waals surface area (Å²) in [6.07, 6.45) is 0. The zero-order chi connectivity index (χ0) is 15.3. The second-order valence-electron chi connectivity index (χ2n) is 4.98. The van der Waals surface area contributed by atoms with Gasteiger partial charge in [0.25, 0.3) is 5.78 Å². The first-order valence-corrected chi connectivity index (χ1v) is 7.09. The zero-order valence-corrected chi connectivity index (χ0v) is 12.3. The van der Waals surface area contributed by atoms with Crippen molar-refractivity contribution in [3.05, 3.63) is 59.1 Å². The Morgan fingerprint density at radius 2 is 1.91 bits per heavy atom. The quantitative estimate of drug-likeness (QED) is 0.532. The van der Waals surface area contributed by atoms with E-state index in [1.54, 1.807) is 30.3 Å². The van der Waals surface area contributed by atoms with Crippen LogP contribution in [0.5, 0.6) is 0 Å². The third kappa shape index (κ3) is 1.86. The van der Waals surface area contributed by atoms with Crippen molar-refractivity contribution in [1.29, 1.82) is 0 Å². The lowest BCUT2D eigenvalue weighted by Gasteiger charge is -2.09. The highest BCUT2D eigenvalue weighted by molar-refractivity contribution is 6.31. The lowest BCUT2D eigenvalue weighted by molar-refractivity contribution is 0.631. The molecule has 2 aromatic carbocycles. The van der Waals surface area contributed by atoms with E-state index in [0.717, 1.165) is 16.7 Å². The van der Waals surface area contributed by atoms with Crippen LogP contribution in [-0.4, -0.2) is 19.6 Å². The van der Waals surface area contributed by atoms with E-state index in [1.807, 2.05) is 17.4 Å². The Morgan fingerprint density at radius 3 is 2.73 bits per heavy atom. The van der Waals surface area contributed by atoms with Crippen LogP contribution >= 0.6 is 11.6 Å². The SMILES string of the molecule is Cc1nnc2nc(-c3ccccc3F)c3cc(Cl)ccc3n12. The van der Waals surface area contributed by atoms with Gasteiger partial charge in [0.2, 0.25) is 0 Å². The normalized spacial score (nSPS) is 11.4. The van der Waals surface area contributed by atoms with Crippen molar-refractivity contribution in [3.63, 3.8) is 0 Å². The molecule has 2 aromatic heterocycles. The fourth-order valence-electron chi connectivity index (χ4n) is 2.62. The van der Waals surface area contributed by atoms with Crippen molar-refractivity contribution < 1.29 is 4.39 Å². The number of hydrogen-bond acceptors (Lipinski definition) is 3. The molecule has 4 nitrogen and oxygen atoms in total. The standard InChI is InChI=1S/C16H10ClFN4/c1-9-20-21-16-19-15(11-4-2-3-5-13(11)18)12-8-10(17)6-7-14(12)22(9)16/h2-8H,1H3. The molecule has 0 unspecified atom stereocenters. The molecule has 0 aliphatic rings. The number of fused-ring (bicyclic) bond motifs is 3. The molecule has 0 saturated carbocycles. The molecule has 0 atom stereocenters. The highest BCUT2D eigenvalue weighted by atomic mass is 35.5. The molecule has 0 amide bonds. The van der Waals surface area contributed by atoms with Gasteiger partial charge in [-0.15, -0.1) is 10.2 Å². The first-order chi connectivity index (χ1) is 10.6. The molecule has 22 heavy (non-hydrogen) atoms. The summed E-state index contributed by atoms with van der Waals surface area (Å²) in [6, 6.07) is 12.0.